The van der Waals surface area contributed by atoms with E-state index < -0.39 is 0 Å². The normalized spacial score (nSPS) is 12.7. The summed E-state index contributed by atoms with van der Waals surface area (Å²) in [4.78, 5) is 7.38. The van der Waals surface area contributed by atoms with Crippen molar-refractivity contribution in [2.75, 3.05) is 12.8 Å². The van der Waals surface area contributed by atoms with E-state index in [1.54, 1.807) is 6.33 Å². The average Bonchev–Trinajstić information content (AvgIpc) is 2.89. The molecule has 0 aliphatic carbocycles. The number of nitrogens with zero attached hydrogens (tertiary/aromatic N) is 1. The molecule has 0 amide bonds. The first-order valence-electron chi connectivity index (χ1n) is 6.23. The van der Waals surface area contributed by atoms with Crippen molar-refractivity contribution in [3.05, 3.63) is 59.9 Å². The predicted molar refractivity (Wildman–Crippen MR) is 77.9 cm³/mol. The lowest BCUT2D eigenvalue weighted by molar-refractivity contribution is 0.693. The van der Waals surface area contributed by atoms with Crippen LogP contribution in [0.4, 0.5) is 5.69 Å². The number of aromatic amines is 1. The van der Waals surface area contributed by atoms with Gasteiger partial charge in [0.25, 0.3) is 0 Å². The van der Waals surface area contributed by atoms with Crippen LogP contribution in [0.25, 0.3) is 11.0 Å². The summed E-state index contributed by atoms with van der Waals surface area (Å²) in [7, 11) is 1.96. The highest BCUT2D eigenvalue weighted by Crippen LogP contribution is 2.24. The number of imidazole rings is 1. The minimum absolute atomic E-state index is 0.147. The third kappa shape index (κ3) is 2.18. The van der Waals surface area contributed by atoms with Gasteiger partial charge in [0, 0.05) is 5.69 Å². The monoisotopic (exact) mass is 252 g/mol. The van der Waals surface area contributed by atoms with Crippen molar-refractivity contribution < 1.29 is 0 Å². The summed E-state index contributed by atoms with van der Waals surface area (Å²) >= 11 is 0. The van der Waals surface area contributed by atoms with Crippen LogP contribution in [-0.4, -0.2) is 17.0 Å². The molecule has 0 fully saturated rings. The Labute approximate surface area is 111 Å². The van der Waals surface area contributed by atoms with Crippen LogP contribution in [0.5, 0.6) is 0 Å². The summed E-state index contributed by atoms with van der Waals surface area (Å²) in [5.41, 5.74) is 10.9. The van der Waals surface area contributed by atoms with Gasteiger partial charge in [0.2, 0.25) is 0 Å². The molecule has 96 valence electrons. The van der Waals surface area contributed by atoms with Crippen LogP contribution < -0.4 is 11.1 Å². The fraction of sp³-hybridized carbons (Fsp3) is 0.133. The molecule has 0 aliphatic rings. The summed E-state index contributed by atoms with van der Waals surface area (Å²) < 4.78 is 0. The van der Waals surface area contributed by atoms with E-state index in [4.69, 9.17) is 5.73 Å². The molecule has 0 radical (unpaired) electrons. The molecule has 4 nitrogen and oxygen atoms in total. The maximum absolute atomic E-state index is 5.73. The molecule has 3 aromatic rings. The number of aromatic nitrogens is 2. The van der Waals surface area contributed by atoms with Gasteiger partial charge in [-0.25, -0.2) is 4.98 Å². The van der Waals surface area contributed by atoms with Crippen molar-refractivity contribution in [3.63, 3.8) is 0 Å². The molecule has 2 aromatic carbocycles. The van der Waals surface area contributed by atoms with E-state index in [0.717, 1.165) is 16.7 Å². The summed E-state index contributed by atoms with van der Waals surface area (Å²) in [5.74, 6) is 0. The number of nitrogen functional groups attached to an aromatic ring is 1. The van der Waals surface area contributed by atoms with Crippen molar-refractivity contribution in [1.82, 2.24) is 15.3 Å². The Morgan fingerprint density at radius 1 is 1.11 bits per heavy atom. The van der Waals surface area contributed by atoms with Crippen molar-refractivity contribution in [2.45, 2.75) is 6.04 Å². The van der Waals surface area contributed by atoms with Crippen LogP contribution in [0.3, 0.4) is 0 Å². The molecule has 1 heterocycles. The number of hydrogen-bond acceptors (Lipinski definition) is 3. The van der Waals surface area contributed by atoms with Crippen LogP contribution in [-0.2, 0) is 0 Å². The second-order valence-corrected chi connectivity index (χ2v) is 4.57. The Bertz CT molecular complexity index is 685. The lowest BCUT2D eigenvalue weighted by atomic mass is 9.98. The predicted octanol–water partition coefficient (Wildman–Crippen LogP) is 2.45. The molecule has 1 aromatic heterocycles. The molecule has 1 atom stereocenters. The zero-order valence-electron chi connectivity index (χ0n) is 10.7. The van der Waals surface area contributed by atoms with Gasteiger partial charge in [-0.1, -0.05) is 18.2 Å². The van der Waals surface area contributed by atoms with Gasteiger partial charge in [0.05, 0.1) is 23.4 Å². The SMILES string of the molecule is CNC(c1ccc(N)cc1)c1ccc2nc[nH]c2c1. The fourth-order valence-electron chi connectivity index (χ4n) is 2.35. The molecule has 0 saturated carbocycles. The van der Waals surface area contributed by atoms with Crippen molar-refractivity contribution in [3.8, 4) is 0 Å². The summed E-state index contributed by atoms with van der Waals surface area (Å²) in [6, 6.07) is 14.3. The van der Waals surface area contributed by atoms with Gasteiger partial charge in [0.1, 0.15) is 0 Å². The summed E-state index contributed by atoms with van der Waals surface area (Å²) in [6.45, 7) is 0. The van der Waals surface area contributed by atoms with Crippen LogP contribution in [0.1, 0.15) is 17.2 Å². The molecule has 0 saturated heterocycles. The smallest absolute Gasteiger partial charge is 0.0931 e. The molecule has 1 unspecified atom stereocenters. The second-order valence-electron chi connectivity index (χ2n) is 4.57. The minimum Gasteiger partial charge on any atom is -0.399 e. The molecule has 0 aliphatic heterocycles. The molecule has 19 heavy (non-hydrogen) atoms. The second kappa shape index (κ2) is 4.74. The zero-order valence-corrected chi connectivity index (χ0v) is 10.7. The van der Waals surface area contributed by atoms with Crippen LogP contribution in [0.15, 0.2) is 48.8 Å². The number of nitrogens with one attached hydrogen (secondary N) is 2. The standard InChI is InChI=1S/C15H16N4/c1-17-15(10-2-5-12(16)6-3-10)11-4-7-13-14(8-11)19-9-18-13/h2-9,15,17H,16H2,1H3,(H,18,19). The topological polar surface area (TPSA) is 66.7 Å². The van der Waals surface area contributed by atoms with Crippen molar-refractivity contribution >= 4 is 16.7 Å². The number of nitrogens with two attached hydrogens (primary N) is 1. The third-order valence-corrected chi connectivity index (χ3v) is 3.34. The highest BCUT2D eigenvalue weighted by molar-refractivity contribution is 5.75. The van der Waals surface area contributed by atoms with E-state index in [9.17, 15) is 0 Å². The Hall–Kier alpha value is -2.33. The number of fused-ring (bicyclic) bond motifs is 1. The molecule has 4 N–H and O–H groups in total. The molecule has 3 rings (SSSR count). The largest absolute Gasteiger partial charge is 0.399 e. The number of hydrogen-bond donors (Lipinski definition) is 3. The van der Waals surface area contributed by atoms with Crippen LogP contribution in [0.2, 0.25) is 0 Å². The average molecular weight is 252 g/mol. The van der Waals surface area contributed by atoms with E-state index in [1.807, 2.05) is 37.4 Å². The number of H-pyrrole nitrogens is 1. The highest BCUT2D eigenvalue weighted by Gasteiger charge is 2.12. The summed E-state index contributed by atoms with van der Waals surface area (Å²) in [5, 5.41) is 3.34. The molecule has 4 heteroatoms. The Morgan fingerprint density at radius 3 is 2.58 bits per heavy atom. The zero-order chi connectivity index (χ0) is 13.2. The van der Waals surface area contributed by atoms with Gasteiger partial charge in [-0.15, -0.1) is 0 Å². The van der Waals surface area contributed by atoms with Gasteiger partial charge < -0.3 is 16.0 Å². The maximum atomic E-state index is 5.73. The van der Waals surface area contributed by atoms with Crippen LogP contribution >= 0.6 is 0 Å². The first kappa shape index (κ1) is 11.7. The molecular weight excluding hydrogens is 236 g/mol. The fourth-order valence-corrected chi connectivity index (χ4v) is 2.35. The number of benzene rings is 2. The quantitative estimate of drug-likeness (QED) is 0.627. The highest BCUT2D eigenvalue weighted by atomic mass is 14.9. The van der Waals surface area contributed by atoms with E-state index in [0.29, 0.717) is 0 Å². The minimum atomic E-state index is 0.147. The van der Waals surface area contributed by atoms with Gasteiger partial charge in [-0.3, -0.25) is 0 Å². The van der Waals surface area contributed by atoms with E-state index >= 15 is 0 Å². The van der Waals surface area contributed by atoms with Gasteiger partial charge in [0.15, 0.2) is 0 Å². The Balaban J connectivity index is 2.03. The number of rotatable bonds is 3. The lowest BCUT2D eigenvalue weighted by Gasteiger charge is -2.17. The molecular formula is C15H16N4. The van der Waals surface area contributed by atoms with Gasteiger partial charge >= 0.3 is 0 Å². The van der Waals surface area contributed by atoms with Crippen LogP contribution in [0, 0.1) is 0 Å². The Morgan fingerprint density at radius 2 is 1.84 bits per heavy atom. The van der Waals surface area contributed by atoms with E-state index in [2.05, 4.69) is 27.4 Å². The molecule has 0 bridgehead atoms. The Kier molecular flexibility index (Phi) is 2.93. The van der Waals surface area contributed by atoms with Crippen molar-refractivity contribution in [1.29, 1.82) is 0 Å². The lowest BCUT2D eigenvalue weighted by Crippen LogP contribution is -2.17. The third-order valence-electron chi connectivity index (χ3n) is 3.34. The maximum Gasteiger partial charge on any atom is 0.0931 e. The first-order chi connectivity index (χ1) is 9.28. The van der Waals surface area contributed by atoms with E-state index in [-0.39, 0.29) is 6.04 Å². The summed E-state index contributed by atoms with van der Waals surface area (Å²) in [6.07, 6.45) is 1.71. The van der Waals surface area contributed by atoms with Gasteiger partial charge in [-0.2, -0.15) is 0 Å². The first-order valence-corrected chi connectivity index (χ1v) is 6.23. The number of anilines is 1. The van der Waals surface area contributed by atoms with Crippen molar-refractivity contribution in [2.24, 2.45) is 0 Å². The molecule has 0 spiro atoms. The van der Waals surface area contributed by atoms with E-state index in [1.165, 1.54) is 11.1 Å². The van der Waals surface area contributed by atoms with Gasteiger partial charge in [-0.05, 0) is 42.4 Å².